The molecule has 0 radical (unpaired) electrons. The van der Waals surface area contributed by atoms with E-state index in [-0.39, 0.29) is 5.56 Å². The zero-order valence-corrected chi connectivity index (χ0v) is 11.4. The summed E-state index contributed by atoms with van der Waals surface area (Å²) in [5.41, 5.74) is 11.3. The minimum absolute atomic E-state index is 0.208. The van der Waals surface area contributed by atoms with E-state index in [1.165, 1.54) is 18.4 Å². The van der Waals surface area contributed by atoms with Gasteiger partial charge in [-0.1, -0.05) is 0 Å². The number of amides is 3. The number of urea groups is 1. The lowest BCUT2D eigenvalue weighted by Gasteiger charge is -2.00. The summed E-state index contributed by atoms with van der Waals surface area (Å²) in [5.74, 6) is -0.159. The molecule has 0 fully saturated rings. The van der Waals surface area contributed by atoms with Crippen LogP contribution in [0.2, 0.25) is 0 Å². The van der Waals surface area contributed by atoms with Crippen molar-refractivity contribution in [3.63, 3.8) is 0 Å². The number of nitrogens with two attached hydrogens (primary N) is 2. The fourth-order valence-corrected chi connectivity index (χ4v) is 2.62. The summed E-state index contributed by atoms with van der Waals surface area (Å²) in [4.78, 5) is 27.1. The summed E-state index contributed by atoms with van der Waals surface area (Å²) >= 11 is 1.19. The first-order valence-corrected chi connectivity index (χ1v) is 6.33. The van der Waals surface area contributed by atoms with Gasteiger partial charge in [0, 0.05) is 22.7 Å². The molecule has 0 aliphatic heterocycles. The predicted molar refractivity (Wildman–Crippen MR) is 75.8 cm³/mol. The third-order valence-corrected chi connectivity index (χ3v) is 3.56. The van der Waals surface area contributed by atoms with Crippen LogP contribution in [-0.2, 0) is 0 Å². The van der Waals surface area contributed by atoms with Gasteiger partial charge >= 0.3 is 6.03 Å². The fraction of sp³-hybridized carbons (Fsp3) is 0.0833. The largest absolute Gasteiger partial charge is 0.481 e. The molecule has 0 saturated heterocycles. The van der Waals surface area contributed by atoms with Crippen molar-refractivity contribution in [3.8, 4) is 16.3 Å². The van der Waals surface area contributed by atoms with Gasteiger partial charge < -0.3 is 16.2 Å². The quantitative estimate of drug-likeness (QED) is 0.788. The number of hydrogen-bond acceptors (Lipinski definition) is 5. The number of hydrogen-bond donors (Lipinski definition) is 3. The van der Waals surface area contributed by atoms with Crippen molar-refractivity contribution in [3.05, 3.63) is 30.0 Å². The van der Waals surface area contributed by atoms with Crippen LogP contribution in [0.15, 0.2) is 24.4 Å². The second kappa shape index (κ2) is 5.57. The molecule has 7 nitrogen and oxygen atoms in total. The predicted octanol–water partition coefficient (Wildman–Crippen LogP) is 1.41. The van der Waals surface area contributed by atoms with Gasteiger partial charge in [-0.05, 0) is 12.1 Å². The topological polar surface area (TPSA) is 120 Å². The Morgan fingerprint density at radius 3 is 2.60 bits per heavy atom. The van der Waals surface area contributed by atoms with E-state index in [1.807, 2.05) is 0 Å². The molecule has 0 atom stereocenters. The number of primary amides is 2. The average Bonchev–Trinajstić information content (AvgIpc) is 2.82. The second-order valence-corrected chi connectivity index (χ2v) is 4.85. The SMILES string of the molecule is COc1ccc(-c2cc(C(N)=O)c(NC(N)=O)s2)cn1. The van der Waals surface area contributed by atoms with Crippen molar-refractivity contribution < 1.29 is 14.3 Å². The summed E-state index contributed by atoms with van der Waals surface area (Å²) in [6.07, 6.45) is 1.60. The maximum absolute atomic E-state index is 11.3. The van der Waals surface area contributed by atoms with Gasteiger partial charge in [-0.25, -0.2) is 9.78 Å². The van der Waals surface area contributed by atoms with Gasteiger partial charge in [-0.3, -0.25) is 10.1 Å². The Morgan fingerprint density at radius 1 is 1.35 bits per heavy atom. The Morgan fingerprint density at radius 2 is 2.10 bits per heavy atom. The summed E-state index contributed by atoms with van der Waals surface area (Å²) in [7, 11) is 1.52. The zero-order valence-electron chi connectivity index (χ0n) is 10.5. The highest BCUT2D eigenvalue weighted by atomic mass is 32.1. The molecule has 2 rings (SSSR count). The van der Waals surface area contributed by atoms with Crippen LogP contribution >= 0.6 is 11.3 Å². The van der Waals surface area contributed by atoms with E-state index in [0.717, 1.165) is 10.4 Å². The summed E-state index contributed by atoms with van der Waals surface area (Å²) in [6, 6.07) is 4.31. The first-order chi connectivity index (χ1) is 9.51. The molecule has 0 aliphatic carbocycles. The average molecular weight is 292 g/mol. The maximum atomic E-state index is 11.3. The molecular weight excluding hydrogens is 280 g/mol. The molecule has 0 spiro atoms. The summed E-state index contributed by atoms with van der Waals surface area (Å²) < 4.78 is 4.97. The summed E-state index contributed by atoms with van der Waals surface area (Å²) in [5, 5.41) is 2.69. The van der Waals surface area contributed by atoms with Gasteiger partial charge in [-0.2, -0.15) is 0 Å². The van der Waals surface area contributed by atoms with Crippen LogP contribution in [0, 0.1) is 0 Å². The lowest BCUT2D eigenvalue weighted by molar-refractivity contribution is 0.100. The minimum Gasteiger partial charge on any atom is -0.481 e. The highest BCUT2D eigenvalue weighted by molar-refractivity contribution is 7.20. The number of thiophene rings is 1. The van der Waals surface area contributed by atoms with Crippen LogP contribution in [0.4, 0.5) is 9.80 Å². The molecule has 0 saturated carbocycles. The number of rotatable bonds is 4. The Bertz CT molecular complexity index is 651. The molecule has 0 aliphatic rings. The molecule has 2 heterocycles. The van der Waals surface area contributed by atoms with Crippen molar-refractivity contribution in [1.82, 2.24) is 4.98 Å². The van der Waals surface area contributed by atoms with Crippen LogP contribution in [0.25, 0.3) is 10.4 Å². The van der Waals surface area contributed by atoms with E-state index < -0.39 is 11.9 Å². The third-order valence-electron chi connectivity index (χ3n) is 2.46. The highest BCUT2D eigenvalue weighted by Crippen LogP contribution is 2.35. The minimum atomic E-state index is -0.756. The zero-order chi connectivity index (χ0) is 14.7. The van der Waals surface area contributed by atoms with Crippen LogP contribution < -0.4 is 21.5 Å². The van der Waals surface area contributed by atoms with E-state index in [4.69, 9.17) is 16.2 Å². The van der Waals surface area contributed by atoms with Crippen molar-refractivity contribution in [2.45, 2.75) is 0 Å². The number of methoxy groups -OCH3 is 1. The highest BCUT2D eigenvalue weighted by Gasteiger charge is 2.16. The van der Waals surface area contributed by atoms with Gasteiger partial charge in [0.1, 0.15) is 5.00 Å². The van der Waals surface area contributed by atoms with Crippen LogP contribution in [0.1, 0.15) is 10.4 Å². The smallest absolute Gasteiger partial charge is 0.317 e. The molecular formula is C12H12N4O3S. The van der Waals surface area contributed by atoms with Gasteiger partial charge in [0.2, 0.25) is 5.88 Å². The monoisotopic (exact) mass is 292 g/mol. The van der Waals surface area contributed by atoms with Crippen molar-refractivity contribution in [2.75, 3.05) is 12.4 Å². The number of aromatic nitrogens is 1. The Kier molecular flexibility index (Phi) is 3.85. The Hall–Kier alpha value is -2.61. The molecule has 0 unspecified atom stereocenters. The first kappa shape index (κ1) is 13.8. The van der Waals surface area contributed by atoms with E-state index in [0.29, 0.717) is 10.9 Å². The number of nitrogens with one attached hydrogen (secondary N) is 1. The molecule has 5 N–H and O–H groups in total. The second-order valence-electron chi connectivity index (χ2n) is 3.80. The Balaban J connectivity index is 2.41. The number of anilines is 1. The molecule has 8 heteroatoms. The van der Waals surface area contributed by atoms with Gasteiger partial charge in [0.25, 0.3) is 5.91 Å². The molecule has 3 amide bonds. The van der Waals surface area contributed by atoms with Crippen molar-refractivity contribution >= 4 is 28.3 Å². The normalized spacial score (nSPS) is 10.1. The number of carbonyl (C=O) groups excluding carboxylic acids is 2. The lowest BCUT2D eigenvalue weighted by Crippen LogP contribution is -2.21. The number of pyridine rings is 1. The molecule has 2 aromatic rings. The number of nitrogens with zero attached hydrogens (tertiary/aromatic N) is 1. The van der Waals surface area contributed by atoms with Gasteiger partial charge in [0.15, 0.2) is 0 Å². The Labute approximate surface area is 118 Å². The van der Waals surface area contributed by atoms with Gasteiger partial charge in [0.05, 0.1) is 12.7 Å². The molecule has 0 bridgehead atoms. The standard InChI is InChI=1S/C12H12N4O3S/c1-19-9-3-2-6(5-15-9)8-4-7(10(13)17)11(20-8)16-12(14)18/h2-5H,1H3,(H2,13,17)(H3,14,16,18). The lowest BCUT2D eigenvalue weighted by atomic mass is 10.2. The van der Waals surface area contributed by atoms with Crippen LogP contribution in [-0.4, -0.2) is 24.0 Å². The maximum Gasteiger partial charge on any atom is 0.317 e. The molecule has 104 valence electrons. The summed E-state index contributed by atoms with van der Waals surface area (Å²) in [6.45, 7) is 0. The van der Waals surface area contributed by atoms with E-state index >= 15 is 0 Å². The van der Waals surface area contributed by atoms with E-state index in [9.17, 15) is 9.59 Å². The van der Waals surface area contributed by atoms with E-state index in [1.54, 1.807) is 24.4 Å². The number of ether oxygens (including phenoxy) is 1. The van der Waals surface area contributed by atoms with Crippen LogP contribution in [0.3, 0.4) is 0 Å². The van der Waals surface area contributed by atoms with Crippen molar-refractivity contribution in [1.29, 1.82) is 0 Å². The van der Waals surface area contributed by atoms with Crippen molar-refractivity contribution in [2.24, 2.45) is 11.5 Å². The fourth-order valence-electron chi connectivity index (χ4n) is 1.57. The first-order valence-electron chi connectivity index (χ1n) is 5.51. The molecule has 0 aromatic carbocycles. The third kappa shape index (κ3) is 2.86. The van der Waals surface area contributed by atoms with Gasteiger partial charge in [-0.15, -0.1) is 11.3 Å². The molecule has 2 aromatic heterocycles. The van der Waals surface area contributed by atoms with E-state index in [2.05, 4.69) is 10.3 Å². The van der Waals surface area contributed by atoms with Crippen LogP contribution in [0.5, 0.6) is 5.88 Å². The number of carbonyl (C=O) groups is 2. The molecule has 20 heavy (non-hydrogen) atoms.